The molecule has 1 atom stereocenters. The molecule has 1 amide bonds. The summed E-state index contributed by atoms with van der Waals surface area (Å²) in [4.78, 5) is 14.6. The van der Waals surface area contributed by atoms with Gasteiger partial charge in [-0.15, -0.1) is 0 Å². The molecule has 1 aliphatic heterocycles. The second-order valence-corrected chi connectivity index (χ2v) is 6.68. The summed E-state index contributed by atoms with van der Waals surface area (Å²) in [5, 5.41) is 0.624. The minimum atomic E-state index is 0.0755. The minimum Gasteiger partial charge on any atom is -0.338 e. The lowest BCUT2D eigenvalue weighted by molar-refractivity contribution is 0.0730. The quantitative estimate of drug-likeness (QED) is 0.671. The average molecular weight is 381 g/mol. The van der Waals surface area contributed by atoms with Crippen LogP contribution in [0.4, 0.5) is 0 Å². The average Bonchev–Trinajstić information content (AvgIpc) is 2.32. The number of hydrogen-bond acceptors (Lipinski definition) is 1. The van der Waals surface area contributed by atoms with Gasteiger partial charge in [0.1, 0.15) is 0 Å². The lowest BCUT2D eigenvalue weighted by atomic mass is 10.1. The molecule has 1 heterocycles. The van der Waals surface area contributed by atoms with Crippen molar-refractivity contribution in [3.05, 3.63) is 33.3 Å². The molecule has 1 unspecified atom stereocenters. The van der Waals surface area contributed by atoms with Crippen LogP contribution in [-0.4, -0.2) is 28.7 Å². The Kier molecular flexibility index (Phi) is 4.50. The Morgan fingerprint density at radius 1 is 1.47 bits per heavy atom. The Bertz CT molecular complexity index is 439. The SMILES string of the molecule is O=C(c1ccc(Cl)c(Br)c1)N1CCCC(Br)C1. The van der Waals surface area contributed by atoms with Crippen molar-refractivity contribution in [2.75, 3.05) is 13.1 Å². The summed E-state index contributed by atoms with van der Waals surface area (Å²) >= 11 is 12.8. The molecular formula is C12H12Br2ClNO. The Balaban J connectivity index is 2.15. The van der Waals surface area contributed by atoms with Crippen molar-refractivity contribution in [2.24, 2.45) is 0 Å². The van der Waals surface area contributed by atoms with Crippen LogP contribution in [0.3, 0.4) is 0 Å². The number of likely N-dealkylation sites (tertiary alicyclic amines) is 1. The summed E-state index contributed by atoms with van der Waals surface area (Å²) < 4.78 is 0.761. The molecule has 0 spiro atoms. The number of amides is 1. The van der Waals surface area contributed by atoms with E-state index in [0.717, 1.165) is 30.4 Å². The molecule has 0 aromatic heterocycles. The Morgan fingerprint density at radius 3 is 2.88 bits per heavy atom. The van der Waals surface area contributed by atoms with Gasteiger partial charge in [0.05, 0.1) is 5.02 Å². The second kappa shape index (κ2) is 5.72. The summed E-state index contributed by atoms with van der Waals surface area (Å²) in [6.07, 6.45) is 2.19. The zero-order chi connectivity index (χ0) is 12.4. The molecule has 0 saturated carbocycles. The normalized spacial score (nSPS) is 20.4. The third-order valence-electron chi connectivity index (χ3n) is 2.82. The Labute approximate surface area is 123 Å². The fourth-order valence-electron chi connectivity index (χ4n) is 1.92. The fourth-order valence-corrected chi connectivity index (χ4v) is 3.09. The number of nitrogens with zero attached hydrogens (tertiary/aromatic N) is 1. The van der Waals surface area contributed by atoms with E-state index in [0.29, 0.717) is 15.4 Å². The molecule has 5 heteroatoms. The Hall–Kier alpha value is -0.0600. The van der Waals surface area contributed by atoms with Gasteiger partial charge in [-0.3, -0.25) is 4.79 Å². The number of halogens is 3. The van der Waals surface area contributed by atoms with E-state index in [1.807, 2.05) is 4.90 Å². The first-order chi connectivity index (χ1) is 8.08. The van der Waals surface area contributed by atoms with E-state index < -0.39 is 0 Å². The molecule has 0 radical (unpaired) electrons. The van der Waals surface area contributed by atoms with Gasteiger partial charge in [0.2, 0.25) is 0 Å². The van der Waals surface area contributed by atoms with Crippen molar-refractivity contribution in [1.82, 2.24) is 4.90 Å². The second-order valence-electron chi connectivity index (χ2n) is 4.12. The summed E-state index contributed by atoms with van der Waals surface area (Å²) in [5.74, 6) is 0.0755. The summed E-state index contributed by atoms with van der Waals surface area (Å²) in [7, 11) is 0. The van der Waals surface area contributed by atoms with E-state index in [-0.39, 0.29) is 5.91 Å². The molecule has 1 aromatic carbocycles. The third-order valence-corrected chi connectivity index (χ3v) is 4.78. The molecular weight excluding hydrogens is 369 g/mol. The van der Waals surface area contributed by atoms with Crippen LogP contribution in [0.15, 0.2) is 22.7 Å². The number of alkyl halides is 1. The van der Waals surface area contributed by atoms with E-state index >= 15 is 0 Å². The first-order valence-electron chi connectivity index (χ1n) is 5.46. The first kappa shape index (κ1) is 13.4. The van der Waals surface area contributed by atoms with Gasteiger partial charge in [0, 0.05) is 28.0 Å². The van der Waals surface area contributed by atoms with E-state index in [1.54, 1.807) is 18.2 Å². The number of carbonyl (C=O) groups excluding carboxylic acids is 1. The lowest BCUT2D eigenvalue weighted by Crippen LogP contribution is -2.40. The van der Waals surface area contributed by atoms with Gasteiger partial charge in [0.25, 0.3) is 5.91 Å². The zero-order valence-electron chi connectivity index (χ0n) is 9.13. The number of piperidine rings is 1. The van der Waals surface area contributed by atoms with Gasteiger partial charge in [0.15, 0.2) is 0 Å². The molecule has 17 heavy (non-hydrogen) atoms. The number of hydrogen-bond donors (Lipinski definition) is 0. The molecule has 1 aliphatic rings. The highest BCUT2D eigenvalue weighted by Crippen LogP contribution is 2.25. The lowest BCUT2D eigenvalue weighted by Gasteiger charge is -2.30. The zero-order valence-corrected chi connectivity index (χ0v) is 13.1. The van der Waals surface area contributed by atoms with Gasteiger partial charge in [-0.2, -0.15) is 0 Å². The fraction of sp³-hybridized carbons (Fsp3) is 0.417. The van der Waals surface area contributed by atoms with Crippen LogP contribution in [0.25, 0.3) is 0 Å². The van der Waals surface area contributed by atoms with Gasteiger partial charge in [-0.1, -0.05) is 27.5 Å². The summed E-state index contributed by atoms with van der Waals surface area (Å²) in [5.41, 5.74) is 0.683. The van der Waals surface area contributed by atoms with Gasteiger partial charge in [-0.05, 0) is 47.0 Å². The maximum Gasteiger partial charge on any atom is 0.253 e. The summed E-state index contributed by atoms with van der Waals surface area (Å²) in [6, 6.07) is 5.30. The highest BCUT2D eigenvalue weighted by atomic mass is 79.9. The predicted octanol–water partition coefficient (Wildman–Crippen LogP) is 4.10. The maximum absolute atomic E-state index is 12.2. The van der Waals surface area contributed by atoms with E-state index in [2.05, 4.69) is 31.9 Å². The van der Waals surface area contributed by atoms with Crippen LogP contribution in [-0.2, 0) is 0 Å². The van der Waals surface area contributed by atoms with Crippen molar-refractivity contribution >= 4 is 49.4 Å². The number of benzene rings is 1. The van der Waals surface area contributed by atoms with Crippen LogP contribution in [0.1, 0.15) is 23.2 Å². The largest absolute Gasteiger partial charge is 0.338 e. The first-order valence-corrected chi connectivity index (χ1v) is 7.55. The third kappa shape index (κ3) is 3.24. The van der Waals surface area contributed by atoms with Gasteiger partial charge >= 0.3 is 0 Å². The molecule has 92 valence electrons. The van der Waals surface area contributed by atoms with Crippen molar-refractivity contribution in [3.63, 3.8) is 0 Å². The maximum atomic E-state index is 12.2. The predicted molar refractivity (Wildman–Crippen MR) is 77.0 cm³/mol. The molecule has 1 aromatic rings. The van der Waals surface area contributed by atoms with Crippen LogP contribution >= 0.6 is 43.5 Å². The van der Waals surface area contributed by atoms with E-state index in [9.17, 15) is 4.79 Å². The van der Waals surface area contributed by atoms with Crippen LogP contribution in [0, 0.1) is 0 Å². The monoisotopic (exact) mass is 379 g/mol. The van der Waals surface area contributed by atoms with Crippen molar-refractivity contribution in [2.45, 2.75) is 17.7 Å². The van der Waals surface area contributed by atoms with Crippen LogP contribution < -0.4 is 0 Å². The molecule has 1 fully saturated rings. The standard InChI is InChI=1S/C12H12Br2ClNO/c13-9-2-1-5-16(7-9)12(17)8-3-4-11(15)10(14)6-8/h3-4,6,9H,1-2,5,7H2. The number of carbonyl (C=O) groups is 1. The van der Waals surface area contributed by atoms with E-state index in [1.165, 1.54) is 0 Å². The molecule has 2 rings (SSSR count). The smallest absolute Gasteiger partial charge is 0.253 e. The molecule has 0 aliphatic carbocycles. The molecule has 0 N–H and O–H groups in total. The van der Waals surface area contributed by atoms with Crippen molar-refractivity contribution in [3.8, 4) is 0 Å². The van der Waals surface area contributed by atoms with Crippen LogP contribution in [0.2, 0.25) is 5.02 Å². The highest BCUT2D eigenvalue weighted by Gasteiger charge is 2.23. The topological polar surface area (TPSA) is 20.3 Å². The summed E-state index contributed by atoms with van der Waals surface area (Å²) in [6.45, 7) is 1.61. The van der Waals surface area contributed by atoms with Gasteiger partial charge in [-0.25, -0.2) is 0 Å². The molecule has 0 bridgehead atoms. The van der Waals surface area contributed by atoms with Crippen LogP contribution in [0.5, 0.6) is 0 Å². The van der Waals surface area contributed by atoms with Crippen molar-refractivity contribution in [1.29, 1.82) is 0 Å². The number of rotatable bonds is 1. The molecule has 2 nitrogen and oxygen atoms in total. The van der Waals surface area contributed by atoms with Crippen molar-refractivity contribution < 1.29 is 4.79 Å². The van der Waals surface area contributed by atoms with E-state index in [4.69, 9.17) is 11.6 Å². The minimum absolute atomic E-state index is 0.0755. The molecule has 1 saturated heterocycles. The van der Waals surface area contributed by atoms with Gasteiger partial charge < -0.3 is 4.90 Å². The highest BCUT2D eigenvalue weighted by molar-refractivity contribution is 9.10. The Morgan fingerprint density at radius 2 is 2.24 bits per heavy atom.